The predicted molar refractivity (Wildman–Crippen MR) is 330 cm³/mol. The Labute approximate surface area is 511 Å². The van der Waals surface area contributed by atoms with E-state index >= 15 is 0 Å². The first-order chi connectivity index (χ1) is 40.5. The van der Waals surface area contributed by atoms with Gasteiger partial charge in [0, 0.05) is 34.0 Å². The summed E-state index contributed by atoms with van der Waals surface area (Å²) >= 11 is 0. The number of aliphatic hydroxyl groups excluding tert-OH is 5. The maximum absolute atomic E-state index is 14.9. The van der Waals surface area contributed by atoms with Gasteiger partial charge in [-0.1, -0.05) is 118 Å². The molecule has 0 aliphatic carbocycles. The van der Waals surface area contributed by atoms with Crippen molar-refractivity contribution >= 4 is 47.3 Å². The van der Waals surface area contributed by atoms with Crippen LogP contribution in [0.5, 0.6) is 5.75 Å². The number of hydrogen-bond donors (Lipinski definition) is 10. The summed E-state index contributed by atoms with van der Waals surface area (Å²) in [5, 5.41) is 63.9. The first kappa shape index (κ1) is 75.9. The minimum absolute atomic E-state index is 0.0450. The van der Waals surface area contributed by atoms with Gasteiger partial charge in [-0.3, -0.25) is 38.4 Å². The average molecular weight is 1210 g/mol. The van der Waals surface area contributed by atoms with Crippen LogP contribution in [-0.4, -0.2) is 190 Å². The molecule has 2 rings (SSSR count). The summed E-state index contributed by atoms with van der Waals surface area (Å²) in [4.78, 5) is 116. The van der Waals surface area contributed by atoms with Crippen LogP contribution in [0.15, 0.2) is 54.6 Å². The highest BCUT2D eigenvalue weighted by molar-refractivity contribution is 5.97. The van der Waals surface area contributed by atoms with Crippen molar-refractivity contribution in [3.05, 3.63) is 65.7 Å². The first-order valence-electron chi connectivity index (χ1n) is 30.7. The SMILES string of the molecule is CCCC(O)CC(C)CC(O)CC(C)CC(O)CC(=O)N[C@@H](CC(C)C)C(=O)N(C)[C@@H](C(=O)N[C@H](CO)C(=O)N[C@H](CC(C)C)C(=O)N(C)[C@@H](Cc1ccccc1)C(=O)N(C)[C@@H](CCC(N)=O)C(=O)N[C@H](CO)Cc1ccc(OC)cc1)[C@@H](C)CC. The maximum Gasteiger partial charge on any atom is 0.246 e. The quantitative estimate of drug-likeness (QED) is 0.0457. The molecule has 0 heterocycles. The topological polar surface area (TPSA) is 331 Å². The minimum Gasteiger partial charge on any atom is -0.497 e. The van der Waals surface area contributed by atoms with Crippen molar-refractivity contribution in [1.82, 2.24) is 36.0 Å². The van der Waals surface area contributed by atoms with Gasteiger partial charge >= 0.3 is 0 Å². The van der Waals surface area contributed by atoms with Crippen molar-refractivity contribution in [3.8, 4) is 5.75 Å². The van der Waals surface area contributed by atoms with Crippen molar-refractivity contribution in [2.75, 3.05) is 41.5 Å². The van der Waals surface area contributed by atoms with Crippen molar-refractivity contribution in [3.63, 3.8) is 0 Å². The zero-order valence-corrected chi connectivity index (χ0v) is 53.5. The molecule has 0 bridgehead atoms. The maximum atomic E-state index is 14.9. The summed E-state index contributed by atoms with van der Waals surface area (Å²) in [5.74, 6) is -5.98. The smallest absolute Gasteiger partial charge is 0.246 e. The van der Waals surface area contributed by atoms with E-state index in [-0.39, 0.29) is 75.0 Å². The summed E-state index contributed by atoms with van der Waals surface area (Å²) in [7, 11) is 5.71. The zero-order valence-electron chi connectivity index (χ0n) is 53.5. The van der Waals surface area contributed by atoms with Gasteiger partial charge in [0.15, 0.2) is 0 Å². The summed E-state index contributed by atoms with van der Waals surface area (Å²) in [6, 6.07) is 7.21. The number of primary amides is 1. The molecule has 13 atom stereocenters. The van der Waals surface area contributed by atoms with Gasteiger partial charge in [0.05, 0.1) is 51.1 Å². The molecule has 2 aromatic carbocycles. The lowest BCUT2D eigenvalue weighted by molar-refractivity contribution is -0.149. The number of benzene rings is 2. The van der Waals surface area contributed by atoms with E-state index in [9.17, 15) is 63.9 Å². The van der Waals surface area contributed by atoms with Gasteiger partial charge < -0.3 is 72.0 Å². The molecule has 11 N–H and O–H groups in total. The molecule has 5 unspecified atom stereocenters. The first-order valence-corrected chi connectivity index (χ1v) is 30.7. The monoisotopic (exact) mass is 1210 g/mol. The molecule has 86 heavy (non-hydrogen) atoms. The molecule has 0 aliphatic rings. The number of rotatable bonds is 41. The second-order valence-corrected chi connectivity index (χ2v) is 24.6. The number of carbonyl (C=O) groups excluding carboxylic acids is 8. The van der Waals surface area contributed by atoms with E-state index in [0.717, 1.165) is 16.9 Å². The Hall–Kier alpha value is -6.20. The van der Waals surface area contributed by atoms with Crippen LogP contribution in [0.3, 0.4) is 0 Å². The van der Waals surface area contributed by atoms with Gasteiger partial charge in [-0.05, 0) is 111 Å². The number of nitrogens with one attached hydrogen (secondary N) is 4. The molecule has 0 spiro atoms. The summed E-state index contributed by atoms with van der Waals surface area (Å²) in [6.45, 7) is 15.4. The Bertz CT molecular complexity index is 2400. The van der Waals surface area contributed by atoms with Crippen molar-refractivity contribution in [2.45, 2.75) is 213 Å². The number of hydrogen-bond acceptors (Lipinski definition) is 14. The fraction of sp³-hybridized carbons (Fsp3) is 0.688. The van der Waals surface area contributed by atoms with Crippen LogP contribution in [0.4, 0.5) is 0 Å². The van der Waals surface area contributed by atoms with Gasteiger partial charge in [0.1, 0.15) is 42.0 Å². The summed E-state index contributed by atoms with van der Waals surface area (Å²) in [6.07, 6.45) is 1.11. The van der Waals surface area contributed by atoms with Crippen molar-refractivity contribution < 1.29 is 68.6 Å². The molecule has 0 fully saturated rings. The largest absolute Gasteiger partial charge is 0.497 e. The molecule has 2 aromatic rings. The molecule has 22 heteroatoms. The number of likely N-dealkylation sites (N-methyl/N-ethyl adjacent to an activating group) is 3. The van der Waals surface area contributed by atoms with Crippen molar-refractivity contribution in [2.24, 2.45) is 35.3 Å². The van der Waals surface area contributed by atoms with E-state index in [4.69, 9.17) is 10.5 Å². The third kappa shape index (κ3) is 26.4. The lowest BCUT2D eigenvalue weighted by Crippen LogP contribution is -2.62. The highest BCUT2D eigenvalue weighted by atomic mass is 16.5. The fourth-order valence-corrected chi connectivity index (χ4v) is 11.0. The lowest BCUT2D eigenvalue weighted by atomic mass is 9.89. The Kier molecular flexibility index (Phi) is 34.3. The zero-order chi connectivity index (χ0) is 65.0. The third-order valence-corrected chi connectivity index (χ3v) is 15.8. The lowest BCUT2D eigenvalue weighted by Gasteiger charge is -2.37. The molecule has 0 aliphatic heterocycles. The average Bonchev–Trinajstić information content (AvgIpc) is 3.60. The molecular weight excluding hydrogens is 1100 g/mol. The molecule has 0 radical (unpaired) electrons. The van der Waals surface area contributed by atoms with Gasteiger partial charge in [-0.25, -0.2) is 0 Å². The van der Waals surface area contributed by atoms with Gasteiger partial charge in [0.25, 0.3) is 0 Å². The molecule has 0 saturated heterocycles. The summed E-state index contributed by atoms with van der Waals surface area (Å²) in [5.41, 5.74) is 6.97. The predicted octanol–water partition coefficient (Wildman–Crippen LogP) is 3.39. The van der Waals surface area contributed by atoms with Gasteiger partial charge in [0.2, 0.25) is 47.3 Å². The second-order valence-electron chi connectivity index (χ2n) is 24.6. The number of carbonyl (C=O) groups is 8. The Morgan fingerprint density at radius 1 is 0.547 bits per heavy atom. The van der Waals surface area contributed by atoms with E-state index in [1.54, 1.807) is 61.5 Å². The van der Waals surface area contributed by atoms with E-state index in [0.29, 0.717) is 43.4 Å². The normalized spacial score (nSPS) is 16.1. The van der Waals surface area contributed by atoms with E-state index in [1.165, 1.54) is 38.1 Å². The van der Waals surface area contributed by atoms with Crippen LogP contribution < -0.4 is 31.7 Å². The number of methoxy groups -OCH3 is 1. The highest BCUT2D eigenvalue weighted by Crippen LogP contribution is 2.24. The van der Waals surface area contributed by atoms with Crippen LogP contribution in [-0.2, 0) is 51.2 Å². The number of ether oxygens (including phenoxy) is 1. The molecule has 22 nitrogen and oxygen atoms in total. The van der Waals surface area contributed by atoms with E-state index in [2.05, 4.69) is 21.3 Å². The van der Waals surface area contributed by atoms with Crippen LogP contribution >= 0.6 is 0 Å². The standard InChI is InChI=1S/C64H106N8O14/c1-14-19-47(75)30-41(7)31-48(76)32-42(8)33-49(77)36-57(79)67-51(28-39(3)4)63(84)72(12)58(43(9)15-2)61(82)69-53(38-74)59(80)68-52(29-40(5)6)62(83)71(11)55(35-44-20-17-16-18-21-44)64(85)70(10)54(26-27-56(65)78)60(81)66-46(37-73)34-45-22-24-50(86-13)25-23-45/h16-18,20-25,39-43,46-49,51-55,58,73-77H,14-15,19,26-38H2,1-13H3,(H2,65,78)(H,66,81)(H,67,79)(H,68,80)(H,69,82)/t41?,42?,43-,46-,47?,48?,49?,51-,52+,53+,54-,55-,58+/m0/s1. The van der Waals surface area contributed by atoms with Crippen LogP contribution in [0.1, 0.15) is 150 Å². The van der Waals surface area contributed by atoms with E-state index in [1.807, 2.05) is 55.4 Å². The van der Waals surface area contributed by atoms with Gasteiger partial charge in [-0.15, -0.1) is 0 Å². The van der Waals surface area contributed by atoms with Crippen LogP contribution in [0.2, 0.25) is 0 Å². The number of aliphatic hydroxyl groups is 5. The fourth-order valence-electron chi connectivity index (χ4n) is 11.0. The molecule has 486 valence electrons. The summed E-state index contributed by atoms with van der Waals surface area (Å²) < 4.78 is 5.24. The Morgan fingerprint density at radius 3 is 1.57 bits per heavy atom. The second kappa shape index (κ2) is 38.9. The molecule has 0 aromatic heterocycles. The number of amides is 8. The third-order valence-electron chi connectivity index (χ3n) is 15.8. The van der Waals surface area contributed by atoms with Crippen LogP contribution in [0.25, 0.3) is 0 Å². The van der Waals surface area contributed by atoms with E-state index < -0.39 is 127 Å². The number of nitrogens with zero attached hydrogens (tertiary/aromatic N) is 3. The van der Waals surface area contributed by atoms with Crippen molar-refractivity contribution in [1.29, 1.82) is 0 Å². The molecular formula is C64H106N8O14. The minimum atomic E-state index is -1.63. The van der Waals surface area contributed by atoms with Crippen LogP contribution in [0, 0.1) is 29.6 Å². The highest BCUT2D eigenvalue weighted by Gasteiger charge is 2.41. The molecule has 8 amide bonds. The number of nitrogens with two attached hydrogens (primary N) is 1. The molecule has 0 saturated carbocycles. The Balaban J connectivity index is 2.38. The Morgan fingerprint density at radius 2 is 1.06 bits per heavy atom. The van der Waals surface area contributed by atoms with Gasteiger partial charge in [-0.2, -0.15) is 0 Å².